The van der Waals surface area contributed by atoms with E-state index in [-0.39, 0.29) is 0 Å². The molecule has 124 valence electrons. The number of allylic oxidation sites excluding steroid dienone is 2. The first-order chi connectivity index (χ1) is 10.9. The van der Waals surface area contributed by atoms with Crippen molar-refractivity contribution in [2.75, 3.05) is 13.1 Å². The highest BCUT2D eigenvalue weighted by Gasteiger charge is 1.95. The average Bonchev–Trinajstić information content (AvgIpc) is 2.57. The molecule has 0 bridgehead atoms. The number of unbranched alkanes of at least 4 members (excludes halogenated alkanes) is 3. The maximum Gasteiger partial charge on any atom is 0.0299 e. The molecule has 0 spiro atoms. The van der Waals surface area contributed by atoms with Crippen LogP contribution >= 0.6 is 0 Å². The summed E-state index contributed by atoms with van der Waals surface area (Å²) in [5.41, 5.74) is 3.00. The zero-order valence-electron chi connectivity index (χ0n) is 14.6. The van der Waals surface area contributed by atoms with Crippen LogP contribution < -0.4 is 5.32 Å². The number of aromatic nitrogens is 1. The maximum absolute atomic E-state index is 4.15. The van der Waals surface area contributed by atoms with E-state index >= 15 is 0 Å². The monoisotopic (exact) mass is 302 g/mol. The Morgan fingerprint density at radius 3 is 2.73 bits per heavy atom. The molecule has 0 aliphatic heterocycles. The van der Waals surface area contributed by atoms with Crippen molar-refractivity contribution in [1.82, 2.24) is 10.3 Å². The lowest BCUT2D eigenvalue weighted by Gasteiger charge is -2.05. The average molecular weight is 303 g/mol. The SMILES string of the molecule is CCCC/C(=C/CCCNCCCCc1cccnc1)CC. The molecule has 2 nitrogen and oxygen atoms in total. The van der Waals surface area contributed by atoms with Crippen LogP contribution in [0.3, 0.4) is 0 Å². The van der Waals surface area contributed by atoms with Crippen molar-refractivity contribution in [2.24, 2.45) is 0 Å². The number of pyridine rings is 1. The van der Waals surface area contributed by atoms with E-state index in [9.17, 15) is 0 Å². The lowest BCUT2D eigenvalue weighted by atomic mass is 10.0. The molecule has 0 saturated carbocycles. The fourth-order valence-electron chi connectivity index (χ4n) is 2.61. The standard InChI is InChI=1S/C20H34N2/c1-3-5-11-19(4-2)12-6-8-15-21-16-9-7-13-20-14-10-17-22-18-20/h10,12,14,17-18,21H,3-9,11,13,15-16H2,1-2H3/b19-12+. The molecule has 1 N–H and O–H groups in total. The number of nitrogens with zero attached hydrogens (tertiary/aromatic N) is 1. The predicted octanol–water partition coefficient (Wildman–Crippen LogP) is 5.30. The van der Waals surface area contributed by atoms with Crippen molar-refractivity contribution in [3.63, 3.8) is 0 Å². The smallest absolute Gasteiger partial charge is 0.0299 e. The molecule has 1 aromatic rings. The van der Waals surface area contributed by atoms with E-state index < -0.39 is 0 Å². The first kappa shape index (κ1) is 18.9. The highest BCUT2D eigenvalue weighted by Crippen LogP contribution is 2.12. The van der Waals surface area contributed by atoms with Crippen molar-refractivity contribution in [3.8, 4) is 0 Å². The summed E-state index contributed by atoms with van der Waals surface area (Å²) >= 11 is 0. The van der Waals surface area contributed by atoms with Crippen molar-refractivity contribution in [3.05, 3.63) is 41.7 Å². The van der Waals surface area contributed by atoms with Crippen LogP contribution in [0.1, 0.15) is 70.8 Å². The van der Waals surface area contributed by atoms with E-state index in [4.69, 9.17) is 0 Å². The summed E-state index contributed by atoms with van der Waals surface area (Å²) in [6, 6.07) is 4.18. The van der Waals surface area contributed by atoms with Crippen LogP contribution in [0.25, 0.3) is 0 Å². The summed E-state index contributed by atoms with van der Waals surface area (Å²) in [6.45, 7) is 6.84. The van der Waals surface area contributed by atoms with Crippen LogP contribution in [0.4, 0.5) is 0 Å². The topological polar surface area (TPSA) is 24.9 Å². The summed E-state index contributed by atoms with van der Waals surface area (Å²) in [7, 11) is 0. The third-order valence-corrected chi connectivity index (χ3v) is 4.09. The van der Waals surface area contributed by atoms with Crippen LogP contribution in [0.15, 0.2) is 36.2 Å². The van der Waals surface area contributed by atoms with E-state index in [2.05, 4.69) is 36.3 Å². The van der Waals surface area contributed by atoms with E-state index in [1.54, 1.807) is 5.57 Å². The van der Waals surface area contributed by atoms with Crippen molar-refractivity contribution < 1.29 is 0 Å². The summed E-state index contributed by atoms with van der Waals surface area (Å²) < 4.78 is 0. The molecule has 0 saturated heterocycles. The van der Waals surface area contributed by atoms with Gasteiger partial charge in [0, 0.05) is 12.4 Å². The van der Waals surface area contributed by atoms with Gasteiger partial charge in [0.25, 0.3) is 0 Å². The number of nitrogens with one attached hydrogen (secondary N) is 1. The van der Waals surface area contributed by atoms with Gasteiger partial charge in [-0.3, -0.25) is 4.98 Å². The molecular formula is C20H34N2. The molecule has 0 radical (unpaired) electrons. The van der Waals surface area contributed by atoms with Gasteiger partial charge in [-0.1, -0.05) is 38.0 Å². The van der Waals surface area contributed by atoms with Gasteiger partial charge in [0.2, 0.25) is 0 Å². The highest BCUT2D eigenvalue weighted by atomic mass is 14.8. The van der Waals surface area contributed by atoms with Crippen LogP contribution in [-0.2, 0) is 6.42 Å². The molecule has 1 heterocycles. The Hall–Kier alpha value is -1.15. The van der Waals surface area contributed by atoms with Gasteiger partial charge in [-0.2, -0.15) is 0 Å². The van der Waals surface area contributed by atoms with Gasteiger partial charge >= 0.3 is 0 Å². The fourth-order valence-corrected chi connectivity index (χ4v) is 2.61. The minimum absolute atomic E-state index is 1.14. The molecule has 0 unspecified atom stereocenters. The van der Waals surface area contributed by atoms with E-state index in [0.717, 1.165) is 19.5 Å². The molecule has 0 amide bonds. The Morgan fingerprint density at radius 1 is 1.14 bits per heavy atom. The zero-order chi connectivity index (χ0) is 15.9. The quantitative estimate of drug-likeness (QED) is 0.395. The second kappa shape index (κ2) is 13.5. The fraction of sp³-hybridized carbons (Fsp3) is 0.650. The molecular weight excluding hydrogens is 268 g/mol. The minimum Gasteiger partial charge on any atom is -0.317 e. The molecule has 22 heavy (non-hydrogen) atoms. The molecule has 1 aromatic heterocycles. The molecule has 0 aromatic carbocycles. The van der Waals surface area contributed by atoms with Gasteiger partial charge in [-0.25, -0.2) is 0 Å². The molecule has 0 aliphatic carbocycles. The van der Waals surface area contributed by atoms with Gasteiger partial charge in [-0.15, -0.1) is 0 Å². The number of aryl methyl sites for hydroxylation is 1. The van der Waals surface area contributed by atoms with Crippen LogP contribution in [0, 0.1) is 0 Å². The molecule has 0 aliphatic rings. The second-order valence-corrected chi connectivity index (χ2v) is 6.03. The third-order valence-electron chi connectivity index (χ3n) is 4.09. The highest BCUT2D eigenvalue weighted by molar-refractivity contribution is 5.08. The third kappa shape index (κ3) is 9.73. The van der Waals surface area contributed by atoms with E-state index in [0.29, 0.717) is 0 Å². The van der Waals surface area contributed by atoms with Crippen LogP contribution in [0.5, 0.6) is 0 Å². The Kier molecular flexibility index (Phi) is 11.6. The van der Waals surface area contributed by atoms with Gasteiger partial charge < -0.3 is 5.32 Å². The molecule has 0 fully saturated rings. The first-order valence-electron chi connectivity index (χ1n) is 9.14. The van der Waals surface area contributed by atoms with Crippen LogP contribution in [-0.4, -0.2) is 18.1 Å². The van der Waals surface area contributed by atoms with Crippen molar-refractivity contribution in [2.45, 2.75) is 71.6 Å². The van der Waals surface area contributed by atoms with Gasteiger partial charge in [0.1, 0.15) is 0 Å². The van der Waals surface area contributed by atoms with Crippen molar-refractivity contribution >= 4 is 0 Å². The van der Waals surface area contributed by atoms with Gasteiger partial charge in [0.15, 0.2) is 0 Å². The number of hydrogen-bond acceptors (Lipinski definition) is 2. The molecule has 2 heteroatoms. The van der Waals surface area contributed by atoms with Gasteiger partial charge in [-0.05, 0) is 76.1 Å². The lowest BCUT2D eigenvalue weighted by Crippen LogP contribution is -2.16. The van der Waals surface area contributed by atoms with Crippen LogP contribution in [0.2, 0.25) is 0 Å². The van der Waals surface area contributed by atoms with E-state index in [1.807, 2.05) is 18.5 Å². The largest absolute Gasteiger partial charge is 0.317 e. The van der Waals surface area contributed by atoms with Crippen molar-refractivity contribution in [1.29, 1.82) is 0 Å². The summed E-state index contributed by atoms with van der Waals surface area (Å²) in [5.74, 6) is 0. The lowest BCUT2D eigenvalue weighted by molar-refractivity contribution is 0.605. The summed E-state index contributed by atoms with van der Waals surface area (Å²) in [6.07, 6.45) is 17.6. The predicted molar refractivity (Wildman–Crippen MR) is 97.2 cm³/mol. The number of hydrogen-bond donors (Lipinski definition) is 1. The molecule has 0 atom stereocenters. The zero-order valence-corrected chi connectivity index (χ0v) is 14.6. The first-order valence-corrected chi connectivity index (χ1v) is 9.14. The Balaban J connectivity index is 1.94. The normalized spacial score (nSPS) is 11.8. The maximum atomic E-state index is 4.15. The minimum atomic E-state index is 1.14. The summed E-state index contributed by atoms with van der Waals surface area (Å²) in [4.78, 5) is 4.15. The second-order valence-electron chi connectivity index (χ2n) is 6.03. The molecule has 1 rings (SSSR count). The van der Waals surface area contributed by atoms with Gasteiger partial charge in [0.05, 0.1) is 0 Å². The Bertz CT molecular complexity index is 384. The summed E-state index contributed by atoms with van der Waals surface area (Å²) in [5, 5.41) is 3.56. The Labute approximate surface area is 137 Å². The Morgan fingerprint density at radius 2 is 2.00 bits per heavy atom. The number of rotatable bonds is 13. The van der Waals surface area contributed by atoms with E-state index in [1.165, 1.54) is 56.9 Å².